The molecule has 2 aromatic rings. The lowest BCUT2D eigenvalue weighted by atomic mass is 10.1. The zero-order valence-corrected chi connectivity index (χ0v) is 13.4. The molecule has 1 heterocycles. The smallest absolute Gasteiger partial charge is 0.338 e. The predicted molar refractivity (Wildman–Crippen MR) is 86.3 cm³/mol. The molecule has 2 aromatic carbocycles. The van der Waals surface area contributed by atoms with Gasteiger partial charge in [0, 0.05) is 22.1 Å². The molecule has 5 heteroatoms. The minimum Gasteiger partial charge on any atom is -0.462 e. The molecule has 0 N–H and O–H groups in total. The van der Waals surface area contributed by atoms with E-state index in [2.05, 4.69) is 5.11 Å². The van der Waals surface area contributed by atoms with Crippen molar-refractivity contribution in [3.8, 4) is 0 Å². The molecule has 0 saturated heterocycles. The van der Waals surface area contributed by atoms with E-state index < -0.39 is 0 Å². The molecule has 0 amide bonds. The van der Waals surface area contributed by atoms with Crippen molar-refractivity contribution in [1.82, 2.24) is 0 Å². The number of esters is 1. The summed E-state index contributed by atoms with van der Waals surface area (Å²) < 4.78 is 7.03. The number of hydrogen-bond acceptors (Lipinski definition) is 4. The van der Waals surface area contributed by atoms with E-state index in [9.17, 15) is 4.79 Å². The van der Waals surface area contributed by atoms with E-state index in [0.29, 0.717) is 12.2 Å². The molecule has 0 aromatic heterocycles. The van der Waals surface area contributed by atoms with Gasteiger partial charge < -0.3 is 4.74 Å². The van der Waals surface area contributed by atoms with E-state index in [4.69, 9.17) is 4.74 Å². The van der Waals surface area contributed by atoms with Gasteiger partial charge in [-0.1, -0.05) is 34.7 Å². The second kappa shape index (κ2) is 6.32. The van der Waals surface area contributed by atoms with Crippen molar-refractivity contribution in [2.75, 3.05) is 12.5 Å². The van der Waals surface area contributed by atoms with Crippen molar-refractivity contribution >= 4 is 29.1 Å². The second-order valence-corrected chi connectivity index (χ2v) is 5.93. The maximum Gasteiger partial charge on any atom is 0.338 e. The fourth-order valence-corrected chi connectivity index (χ4v) is 3.36. The Balaban J connectivity index is 2.02. The van der Waals surface area contributed by atoms with Crippen molar-refractivity contribution in [2.45, 2.75) is 18.7 Å². The van der Waals surface area contributed by atoms with Crippen LogP contribution in [0.1, 0.15) is 22.8 Å². The first-order chi connectivity index (χ1) is 10.7. The number of fused-ring (bicyclic) bond motifs is 1. The summed E-state index contributed by atoms with van der Waals surface area (Å²) in [7, 11) is 0. The van der Waals surface area contributed by atoms with Gasteiger partial charge in [-0.15, -0.1) is 0 Å². The first-order valence-corrected chi connectivity index (χ1v) is 8.16. The summed E-state index contributed by atoms with van der Waals surface area (Å²) in [4.78, 5) is 13.1. The Morgan fingerprint density at radius 3 is 2.82 bits per heavy atom. The first-order valence-electron chi connectivity index (χ1n) is 7.18. The number of aryl methyl sites for hydroxylation is 1. The Morgan fingerprint density at radius 1 is 1.32 bits per heavy atom. The number of ether oxygens (including phenoxy) is 1. The van der Waals surface area contributed by atoms with Gasteiger partial charge in [0.25, 0.3) is 0 Å². The van der Waals surface area contributed by atoms with Crippen LogP contribution in [0.5, 0.6) is 0 Å². The lowest BCUT2D eigenvalue weighted by Gasteiger charge is -2.13. The number of carbonyl (C=O) groups excluding carboxylic acids is 1. The lowest BCUT2D eigenvalue weighted by molar-refractivity contribution is -0.488. The maximum absolute atomic E-state index is 11.9. The van der Waals surface area contributed by atoms with Crippen molar-refractivity contribution in [1.29, 1.82) is 0 Å². The van der Waals surface area contributed by atoms with Crippen LogP contribution in [-0.2, 0) is 4.74 Å². The quantitative estimate of drug-likeness (QED) is 0.611. The largest absolute Gasteiger partial charge is 0.462 e. The van der Waals surface area contributed by atoms with Crippen LogP contribution in [0.15, 0.2) is 52.5 Å². The number of nitrogens with zero attached hydrogens (tertiary/aromatic N) is 2. The average Bonchev–Trinajstić information content (AvgIpc) is 2.55. The molecule has 0 spiro atoms. The Hall–Kier alpha value is -2.14. The number of thioether (sulfide) groups is 1. The van der Waals surface area contributed by atoms with Gasteiger partial charge in [0.15, 0.2) is 0 Å². The van der Waals surface area contributed by atoms with Crippen molar-refractivity contribution in [3.63, 3.8) is 0 Å². The molecule has 4 nitrogen and oxygen atoms in total. The van der Waals surface area contributed by atoms with Gasteiger partial charge in [-0.05, 0) is 31.5 Å². The number of rotatable bonds is 3. The number of benzene rings is 2. The highest BCUT2D eigenvalue weighted by molar-refractivity contribution is 7.99. The van der Waals surface area contributed by atoms with Gasteiger partial charge in [0.2, 0.25) is 11.6 Å². The molecular weight excluding hydrogens is 296 g/mol. The number of azo groups is 2. The molecule has 1 aliphatic heterocycles. The van der Waals surface area contributed by atoms with Crippen LogP contribution in [-0.4, -0.2) is 23.2 Å². The van der Waals surface area contributed by atoms with Gasteiger partial charge in [0.05, 0.1) is 12.2 Å². The van der Waals surface area contributed by atoms with Crippen LogP contribution in [0, 0.1) is 6.92 Å². The summed E-state index contributed by atoms with van der Waals surface area (Å²) in [5.74, 6) is 0.460. The van der Waals surface area contributed by atoms with Crippen LogP contribution < -0.4 is 0 Å². The van der Waals surface area contributed by atoms with E-state index in [1.54, 1.807) is 18.7 Å². The summed E-state index contributed by atoms with van der Waals surface area (Å²) >= 11 is 1.73. The zero-order valence-electron chi connectivity index (χ0n) is 12.6. The summed E-state index contributed by atoms with van der Waals surface area (Å²) in [6.45, 7) is 4.18. The van der Waals surface area contributed by atoms with Gasteiger partial charge in [-0.25, -0.2) is 4.79 Å². The van der Waals surface area contributed by atoms with Gasteiger partial charge in [0.1, 0.15) is 5.69 Å². The van der Waals surface area contributed by atoms with E-state index in [1.807, 2.05) is 54.1 Å². The predicted octanol–water partition coefficient (Wildman–Crippen LogP) is 4.66. The Bertz CT molecular complexity index is 742. The highest BCUT2D eigenvalue weighted by Gasteiger charge is 2.24. The lowest BCUT2D eigenvalue weighted by Crippen LogP contribution is -2.09. The van der Waals surface area contributed by atoms with Gasteiger partial charge in [-0.2, -0.15) is 0 Å². The van der Waals surface area contributed by atoms with Crippen LogP contribution in [0.3, 0.4) is 0 Å². The standard InChI is InChI=1S/C17H17N2O2S/c1-3-21-17(20)13-9-12(2)16-15(10-13)18-19(11-22-16)14-7-5-4-6-8-14/h4-10H,3,11H2,1-2H3/q+1. The molecule has 0 bridgehead atoms. The van der Waals surface area contributed by atoms with E-state index in [-0.39, 0.29) is 5.97 Å². The number of carbonyl (C=O) groups is 1. The van der Waals surface area contributed by atoms with Crippen molar-refractivity contribution in [2.24, 2.45) is 5.11 Å². The topological polar surface area (TPSA) is 41.7 Å². The molecule has 0 fully saturated rings. The Kier molecular flexibility index (Phi) is 4.24. The minimum absolute atomic E-state index is 0.301. The third kappa shape index (κ3) is 2.90. The first kappa shape index (κ1) is 14.8. The molecule has 0 unspecified atom stereocenters. The average molecular weight is 313 g/mol. The minimum atomic E-state index is -0.301. The summed E-state index contributed by atoms with van der Waals surface area (Å²) in [5, 5.41) is 4.68. The van der Waals surface area contributed by atoms with Crippen molar-refractivity contribution in [3.05, 3.63) is 53.6 Å². The second-order valence-electron chi connectivity index (χ2n) is 4.97. The number of para-hydroxylation sites is 1. The van der Waals surface area contributed by atoms with Crippen molar-refractivity contribution < 1.29 is 14.2 Å². The molecule has 0 aliphatic carbocycles. The fourth-order valence-electron chi connectivity index (χ4n) is 2.37. The molecule has 22 heavy (non-hydrogen) atoms. The normalized spacial score (nSPS) is 13.3. The van der Waals surface area contributed by atoms with E-state index in [0.717, 1.165) is 27.7 Å². The molecule has 0 atom stereocenters. The summed E-state index contributed by atoms with van der Waals surface area (Å²) in [5.41, 5.74) is 3.47. The summed E-state index contributed by atoms with van der Waals surface area (Å²) in [6.07, 6.45) is 0. The van der Waals surface area contributed by atoms with Crippen LogP contribution in [0.25, 0.3) is 0 Å². The monoisotopic (exact) mass is 313 g/mol. The molecular formula is C17H17N2O2S+. The highest BCUT2D eigenvalue weighted by Crippen LogP contribution is 2.39. The SMILES string of the molecule is CCOC(=O)c1cc(C)c2c(c1)N=[N+](c1ccccc1)CS2. The molecule has 0 saturated carbocycles. The van der Waals surface area contributed by atoms with Gasteiger partial charge >= 0.3 is 5.97 Å². The molecule has 112 valence electrons. The Morgan fingerprint density at radius 2 is 2.09 bits per heavy atom. The molecule has 0 radical (unpaired) electrons. The fraction of sp³-hybridized carbons (Fsp3) is 0.235. The third-order valence-corrected chi connectivity index (χ3v) is 4.57. The third-order valence-electron chi connectivity index (χ3n) is 3.38. The van der Waals surface area contributed by atoms with Crippen LogP contribution in [0.2, 0.25) is 0 Å². The Labute approximate surface area is 133 Å². The van der Waals surface area contributed by atoms with E-state index in [1.165, 1.54) is 0 Å². The molecule has 1 aliphatic rings. The van der Waals surface area contributed by atoms with Gasteiger partial charge in [-0.3, -0.25) is 0 Å². The maximum atomic E-state index is 11.9. The van der Waals surface area contributed by atoms with Crippen LogP contribution in [0.4, 0.5) is 11.4 Å². The zero-order chi connectivity index (χ0) is 15.5. The summed E-state index contributed by atoms with van der Waals surface area (Å²) in [6, 6.07) is 13.7. The van der Waals surface area contributed by atoms with E-state index >= 15 is 0 Å². The molecule has 3 rings (SSSR count). The van der Waals surface area contributed by atoms with Crippen LogP contribution >= 0.6 is 11.8 Å². The number of hydrogen-bond donors (Lipinski definition) is 0. The highest BCUT2D eigenvalue weighted by atomic mass is 32.2.